The van der Waals surface area contributed by atoms with E-state index in [1.165, 1.54) is 0 Å². The molecule has 0 bridgehead atoms. The van der Waals surface area contributed by atoms with Gasteiger partial charge in [-0.25, -0.2) is 13.6 Å². The third kappa shape index (κ3) is 3.43. The van der Waals surface area contributed by atoms with Crippen molar-refractivity contribution >= 4 is 27.3 Å². The van der Waals surface area contributed by atoms with Gasteiger partial charge < -0.3 is 5.32 Å². The van der Waals surface area contributed by atoms with E-state index in [1.54, 1.807) is 12.1 Å². The molecule has 0 amide bonds. The molecule has 1 saturated carbocycles. The third-order valence-electron chi connectivity index (χ3n) is 4.97. The number of anilines is 1. The SMILES string of the molecule is CC1(C)C(CNc2cccc(Cl)c2)C1c1ccc(S(N)(=O)=O)cc1. The van der Waals surface area contributed by atoms with Crippen LogP contribution in [0, 0.1) is 11.3 Å². The summed E-state index contributed by atoms with van der Waals surface area (Å²) in [6.45, 7) is 5.31. The normalized spacial score (nSPS) is 22.2. The lowest BCUT2D eigenvalue weighted by Crippen LogP contribution is -2.11. The molecule has 3 rings (SSSR count). The number of halogens is 1. The Balaban J connectivity index is 1.70. The van der Waals surface area contributed by atoms with Gasteiger partial charge in [0.15, 0.2) is 0 Å². The topological polar surface area (TPSA) is 72.2 Å². The molecular formula is C18H21ClN2O2S. The van der Waals surface area contributed by atoms with Gasteiger partial charge in [-0.3, -0.25) is 0 Å². The second-order valence-electron chi connectivity index (χ2n) is 6.91. The average Bonchev–Trinajstić information content (AvgIpc) is 3.05. The van der Waals surface area contributed by atoms with Crippen LogP contribution in [0.2, 0.25) is 5.02 Å². The van der Waals surface area contributed by atoms with Crippen molar-refractivity contribution in [3.63, 3.8) is 0 Å². The fourth-order valence-corrected chi connectivity index (χ4v) is 4.18. The van der Waals surface area contributed by atoms with Gasteiger partial charge in [-0.05, 0) is 53.1 Å². The van der Waals surface area contributed by atoms with E-state index in [9.17, 15) is 8.42 Å². The summed E-state index contributed by atoms with van der Waals surface area (Å²) < 4.78 is 22.7. The van der Waals surface area contributed by atoms with E-state index < -0.39 is 10.0 Å². The molecule has 24 heavy (non-hydrogen) atoms. The van der Waals surface area contributed by atoms with Gasteiger partial charge in [0.2, 0.25) is 10.0 Å². The zero-order chi connectivity index (χ0) is 17.5. The number of hydrogen-bond donors (Lipinski definition) is 2. The van der Waals surface area contributed by atoms with E-state index in [0.29, 0.717) is 16.9 Å². The Bertz CT molecular complexity index is 848. The van der Waals surface area contributed by atoms with Crippen molar-refractivity contribution in [3.8, 4) is 0 Å². The third-order valence-corrected chi connectivity index (χ3v) is 6.13. The molecule has 3 N–H and O–H groups in total. The Labute approximate surface area is 148 Å². The molecule has 0 aromatic heterocycles. The zero-order valence-electron chi connectivity index (χ0n) is 13.7. The first-order valence-corrected chi connectivity index (χ1v) is 9.74. The predicted octanol–water partition coefficient (Wildman–Crippen LogP) is 3.84. The van der Waals surface area contributed by atoms with Crippen molar-refractivity contribution in [2.75, 3.05) is 11.9 Å². The molecule has 4 nitrogen and oxygen atoms in total. The van der Waals surface area contributed by atoms with Crippen LogP contribution in [0.25, 0.3) is 0 Å². The molecule has 1 fully saturated rings. The zero-order valence-corrected chi connectivity index (χ0v) is 15.2. The first kappa shape index (κ1) is 17.3. The second-order valence-corrected chi connectivity index (χ2v) is 8.91. The molecule has 1 aliphatic carbocycles. The molecule has 2 unspecified atom stereocenters. The van der Waals surface area contributed by atoms with Crippen molar-refractivity contribution in [2.45, 2.75) is 24.7 Å². The van der Waals surface area contributed by atoms with Crippen LogP contribution in [0.1, 0.15) is 25.3 Å². The van der Waals surface area contributed by atoms with Crippen molar-refractivity contribution < 1.29 is 8.42 Å². The monoisotopic (exact) mass is 364 g/mol. The first-order valence-electron chi connectivity index (χ1n) is 7.82. The van der Waals surface area contributed by atoms with Gasteiger partial charge in [-0.1, -0.05) is 43.6 Å². The lowest BCUT2D eigenvalue weighted by molar-refractivity contribution is 0.565. The molecule has 128 valence electrons. The Hall–Kier alpha value is -1.56. The summed E-state index contributed by atoms with van der Waals surface area (Å²) in [6.07, 6.45) is 0. The van der Waals surface area contributed by atoms with Crippen LogP contribution in [-0.4, -0.2) is 15.0 Å². The van der Waals surface area contributed by atoms with Crippen LogP contribution in [0.5, 0.6) is 0 Å². The largest absolute Gasteiger partial charge is 0.385 e. The molecule has 0 saturated heterocycles. The molecule has 2 aromatic carbocycles. The molecule has 0 aliphatic heterocycles. The minimum atomic E-state index is -3.64. The standard InChI is InChI=1S/C18H21ClN2O2S/c1-18(2)16(11-21-14-5-3-4-13(19)10-14)17(18)12-6-8-15(9-7-12)24(20,22)23/h3-10,16-17,21H,11H2,1-2H3,(H2,20,22,23). The molecule has 1 aliphatic rings. The fraction of sp³-hybridized carbons (Fsp3) is 0.333. The Kier molecular flexibility index (Phi) is 4.36. The second kappa shape index (κ2) is 6.06. The first-order chi connectivity index (χ1) is 11.2. The van der Waals surface area contributed by atoms with Crippen LogP contribution < -0.4 is 10.5 Å². The number of rotatable bonds is 5. The van der Waals surface area contributed by atoms with Gasteiger partial charge in [-0.15, -0.1) is 0 Å². The van der Waals surface area contributed by atoms with Gasteiger partial charge in [0.05, 0.1) is 4.90 Å². The summed E-state index contributed by atoms with van der Waals surface area (Å²) in [5.41, 5.74) is 2.31. The molecule has 6 heteroatoms. The highest BCUT2D eigenvalue weighted by Gasteiger charge is 2.57. The Morgan fingerprint density at radius 3 is 2.42 bits per heavy atom. The number of primary sulfonamides is 1. The molecule has 0 radical (unpaired) electrons. The minimum absolute atomic E-state index is 0.151. The predicted molar refractivity (Wildman–Crippen MR) is 97.8 cm³/mol. The number of hydrogen-bond acceptors (Lipinski definition) is 3. The summed E-state index contributed by atoms with van der Waals surface area (Å²) in [4.78, 5) is 0.151. The maximum absolute atomic E-state index is 11.4. The average molecular weight is 365 g/mol. The lowest BCUT2D eigenvalue weighted by atomic mass is 10.0. The number of benzene rings is 2. The molecule has 0 heterocycles. The van der Waals surface area contributed by atoms with Crippen LogP contribution in [0.3, 0.4) is 0 Å². The van der Waals surface area contributed by atoms with Gasteiger partial charge in [0.25, 0.3) is 0 Å². The van der Waals surface area contributed by atoms with E-state index in [0.717, 1.165) is 17.8 Å². The maximum atomic E-state index is 11.4. The summed E-state index contributed by atoms with van der Waals surface area (Å²) in [5, 5.41) is 9.31. The molecular weight excluding hydrogens is 344 g/mol. The molecule has 2 aromatic rings. The Morgan fingerprint density at radius 2 is 1.83 bits per heavy atom. The number of nitrogens with two attached hydrogens (primary N) is 1. The highest BCUT2D eigenvalue weighted by atomic mass is 35.5. The molecule has 2 atom stereocenters. The van der Waals surface area contributed by atoms with Crippen molar-refractivity contribution in [1.82, 2.24) is 0 Å². The van der Waals surface area contributed by atoms with Crippen molar-refractivity contribution in [3.05, 3.63) is 59.1 Å². The van der Waals surface area contributed by atoms with Gasteiger partial charge in [-0.2, -0.15) is 0 Å². The van der Waals surface area contributed by atoms with E-state index in [-0.39, 0.29) is 10.3 Å². The van der Waals surface area contributed by atoms with Crippen molar-refractivity contribution in [2.24, 2.45) is 16.5 Å². The van der Waals surface area contributed by atoms with Crippen LogP contribution in [0.4, 0.5) is 5.69 Å². The van der Waals surface area contributed by atoms with Gasteiger partial charge in [0, 0.05) is 17.3 Å². The number of nitrogens with one attached hydrogen (secondary N) is 1. The minimum Gasteiger partial charge on any atom is -0.385 e. The highest BCUT2D eigenvalue weighted by Crippen LogP contribution is 2.64. The smallest absolute Gasteiger partial charge is 0.238 e. The quantitative estimate of drug-likeness (QED) is 0.846. The van der Waals surface area contributed by atoms with Crippen LogP contribution in [0.15, 0.2) is 53.4 Å². The molecule has 0 spiro atoms. The van der Waals surface area contributed by atoms with Crippen molar-refractivity contribution in [1.29, 1.82) is 0 Å². The number of sulfonamides is 1. The van der Waals surface area contributed by atoms with E-state index in [2.05, 4.69) is 19.2 Å². The van der Waals surface area contributed by atoms with E-state index in [1.807, 2.05) is 36.4 Å². The van der Waals surface area contributed by atoms with Crippen LogP contribution >= 0.6 is 11.6 Å². The maximum Gasteiger partial charge on any atom is 0.238 e. The summed E-state index contributed by atoms with van der Waals surface area (Å²) >= 11 is 6.01. The Morgan fingerprint density at radius 1 is 1.17 bits per heavy atom. The fourth-order valence-electron chi connectivity index (χ4n) is 3.48. The van der Waals surface area contributed by atoms with Crippen LogP contribution in [-0.2, 0) is 10.0 Å². The highest BCUT2D eigenvalue weighted by molar-refractivity contribution is 7.89. The van der Waals surface area contributed by atoms with E-state index >= 15 is 0 Å². The van der Waals surface area contributed by atoms with Gasteiger partial charge in [0.1, 0.15) is 0 Å². The summed E-state index contributed by atoms with van der Waals surface area (Å²) in [7, 11) is -3.64. The summed E-state index contributed by atoms with van der Waals surface area (Å²) in [6, 6.07) is 14.6. The van der Waals surface area contributed by atoms with Gasteiger partial charge >= 0.3 is 0 Å². The van der Waals surface area contributed by atoms with E-state index in [4.69, 9.17) is 16.7 Å². The summed E-state index contributed by atoms with van der Waals surface area (Å²) in [5.74, 6) is 0.857. The lowest BCUT2D eigenvalue weighted by Gasteiger charge is -2.07.